The average molecular weight is 300 g/mol. The highest BCUT2D eigenvalue weighted by Crippen LogP contribution is 2.37. The van der Waals surface area contributed by atoms with E-state index in [2.05, 4.69) is 27.0 Å². The summed E-state index contributed by atoms with van der Waals surface area (Å²) in [5.41, 5.74) is 0.696. The van der Waals surface area contributed by atoms with Crippen molar-refractivity contribution in [2.24, 2.45) is 5.92 Å². The van der Waals surface area contributed by atoms with Crippen molar-refractivity contribution in [3.8, 4) is 11.6 Å². The standard InChI is InChI=1S/C17H24N4O/c1-2-3-4-5-13-6-8-14(9-7-13)16-20-17(22-21-16)15-10-11-18-12-19-15/h10-14H,2-9H2,1H3/t13-,14-. The second-order valence-electron chi connectivity index (χ2n) is 6.27. The fraction of sp³-hybridized carbons (Fsp3) is 0.647. The zero-order chi connectivity index (χ0) is 15.2. The van der Waals surface area contributed by atoms with E-state index in [1.807, 2.05) is 0 Å². The number of rotatable bonds is 6. The van der Waals surface area contributed by atoms with Crippen LogP contribution in [0.4, 0.5) is 0 Å². The summed E-state index contributed by atoms with van der Waals surface area (Å²) < 4.78 is 5.36. The SMILES string of the molecule is CCCCC[C@H]1CC[C@H](c2noc(-c3ccncn3)n2)CC1. The quantitative estimate of drug-likeness (QED) is 0.741. The van der Waals surface area contributed by atoms with Crippen molar-refractivity contribution in [2.75, 3.05) is 0 Å². The first-order valence-electron chi connectivity index (χ1n) is 8.46. The molecule has 1 fully saturated rings. The molecular weight excluding hydrogens is 276 g/mol. The van der Waals surface area contributed by atoms with Crippen LogP contribution < -0.4 is 0 Å². The molecule has 0 atom stereocenters. The molecule has 1 aliphatic rings. The van der Waals surface area contributed by atoms with Crippen LogP contribution in [0.1, 0.15) is 70.0 Å². The molecule has 0 aliphatic heterocycles. The number of nitrogens with zero attached hydrogens (tertiary/aromatic N) is 4. The molecule has 0 spiro atoms. The Bertz CT molecular complexity index is 561. The Hall–Kier alpha value is -1.78. The summed E-state index contributed by atoms with van der Waals surface area (Å²) in [5, 5.41) is 4.17. The minimum atomic E-state index is 0.446. The van der Waals surface area contributed by atoms with Crippen LogP contribution >= 0.6 is 0 Å². The normalized spacial score (nSPS) is 21.9. The van der Waals surface area contributed by atoms with E-state index < -0.39 is 0 Å². The van der Waals surface area contributed by atoms with E-state index in [-0.39, 0.29) is 0 Å². The fourth-order valence-electron chi connectivity index (χ4n) is 3.31. The summed E-state index contributed by atoms with van der Waals surface area (Å²) in [6.45, 7) is 2.27. The van der Waals surface area contributed by atoms with Gasteiger partial charge in [-0.15, -0.1) is 0 Å². The number of hydrogen-bond acceptors (Lipinski definition) is 5. The molecule has 0 amide bonds. The van der Waals surface area contributed by atoms with Crippen LogP contribution in [0, 0.1) is 5.92 Å². The molecule has 22 heavy (non-hydrogen) atoms. The lowest BCUT2D eigenvalue weighted by molar-refractivity contribution is 0.292. The predicted octanol–water partition coefficient (Wildman–Crippen LogP) is 4.38. The molecule has 0 bridgehead atoms. The van der Waals surface area contributed by atoms with Crippen LogP contribution in [0.5, 0.6) is 0 Å². The number of unbranched alkanes of at least 4 members (excludes halogenated alkanes) is 2. The Morgan fingerprint density at radius 3 is 2.77 bits per heavy atom. The third-order valence-corrected chi connectivity index (χ3v) is 4.67. The van der Waals surface area contributed by atoms with Gasteiger partial charge in [-0.25, -0.2) is 9.97 Å². The summed E-state index contributed by atoms with van der Waals surface area (Å²) in [4.78, 5) is 12.6. The average Bonchev–Trinajstić information content (AvgIpc) is 3.07. The molecule has 0 saturated heterocycles. The Balaban J connectivity index is 1.55. The van der Waals surface area contributed by atoms with Crippen LogP contribution in [0.3, 0.4) is 0 Å². The molecule has 2 aromatic rings. The summed E-state index contributed by atoms with van der Waals surface area (Å²) in [6.07, 6.45) is 13.6. The van der Waals surface area contributed by atoms with Crippen LogP contribution in [-0.4, -0.2) is 20.1 Å². The van der Waals surface area contributed by atoms with Gasteiger partial charge in [-0.1, -0.05) is 37.8 Å². The van der Waals surface area contributed by atoms with E-state index in [9.17, 15) is 0 Å². The maximum absolute atomic E-state index is 5.36. The lowest BCUT2D eigenvalue weighted by Crippen LogP contribution is -2.14. The van der Waals surface area contributed by atoms with E-state index in [0.29, 0.717) is 17.5 Å². The molecule has 0 radical (unpaired) electrons. The smallest absolute Gasteiger partial charge is 0.276 e. The van der Waals surface area contributed by atoms with E-state index in [4.69, 9.17) is 4.52 Å². The van der Waals surface area contributed by atoms with Crippen molar-refractivity contribution < 1.29 is 4.52 Å². The third-order valence-electron chi connectivity index (χ3n) is 4.67. The van der Waals surface area contributed by atoms with Gasteiger partial charge in [0.1, 0.15) is 12.0 Å². The summed E-state index contributed by atoms with van der Waals surface area (Å²) in [5.74, 6) is 2.70. The highest BCUT2D eigenvalue weighted by molar-refractivity contribution is 5.44. The third kappa shape index (κ3) is 3.70. The molecule has 1 aliphatic carbocycles. The minimum absolute atomic E-state index is 0.446. The van der Waals surface area contributed by atoms with Gasteiger partial charge in [0.25, 0.3) is 5.89 Å². The topological polar surface area (TPSA) is 64.7 Å². The zero-order valence-corrected chi connectivity index (χ0v) is 13.2. The monoisotopic (exact) mass is 300 g/mol. The van der Waals surface area contributed by atoms with Crippen molar-refractivity contribution in [3.05, 3.63) is 24.4 Å². The first-order valence-corrected chi connectivity index (χ1v) is 8.46. The second-order valence-corrected chi connectivity index (χ2v) is 6.27. The van der Waals surface area contributed by atoms with Gasteiger partial charge in [0.15, 0.2) is 5.82 Å². The van der Waals surface area contributed by atoms with Crippen molar-refractivity contribution in [1.29, 1.82) is 0 Å². The van der Waals surface area contributed by atoms with Crippen molar-refractivity contribution in [1.82, 2.24) is 20.1 Å². The first kappa shape index (κ1) is 15.1. The summed E-state index contributed by atoms with van der Waals surface area (Å²) in [7, 11) is 0. The maximum atomic E-state index is 5.36. The predicted molar refractivity (Wildman–Crippen MR) is 84.2 cm³/mol. The van der Waals surface area contributed by atoms with Gasteiger partial charge in [-0.05, 0) is 37.7 Å². The Morgan fingerprint density at radius 2 is 2.05 bits per heavy atom. The number of hydrogen-bond donors (Lipinski definition) is 0. The van der Waals surface area contributed by atoms with Gasteiger partial charge < -0.3 is 4.52 Å². The van der Waals surface area contributed by atoms with Crippen molar-refractivity contribution in [2.45, 2.75) is 64.2 Å². The molecule has 2 aromatic heterocycles. The Labute approximate surface area is 131 Å². The lowest BCUT2D eigenvalue weighted by Gasteiger charge is -2.26. The van der Waals surface area contributed by atoms with E-state index in [0.717, 1.165) is 11.7 Å². The van der Waals surface area contributed by atoms with Gasteiger partial charge in [-0.2, -0.15) is 4.98 Å². The summed E-state index contributed by atoms with van der Waals surface area (Å²) >= 11 is 0. The molecule has 118 valence electrons. The molecule has 5 nitrogen and oxygen atoms in total. The lowest BCUT2D eigenvalue weighted by atomic mass is 9.79. The molecule has 0 unspecified atom stereocenters. The van der Waals surface area contributed by atoms with Gasteiger partial charge >= 0.3 is 0 Å². The first-order chi connectivity index (χ1) is 10.9. The van der Waals surface area contributed by atoms with Crippen LogP contribution in [0.15, 0.2) is 23.1 Å². The van der Waals surface area contributed by atoms with Gasteiger partial charge in [0.2, 0.25) is 0 Å². The molecule has 0 aromatic carbocycles. The zero-order valence-electron chi connectivity index (χ0n) is 13.2. The van der Waals surface area contributed by atoms with Gasteiger partial charge in [0, 0.05) is 12.1 Å². The molecule has 2 heterocycles. The maximum Gasteiger partial charge on any atom is 0.276 e. The summed E-state index contributed by atoms with van der Waals surface area (Å²) in [6, 6.07) is 1.79. The highest BCUT2D eigenvalue weighted by atomic mass is 16.5. The van der Waals surface area contributed by atoms with Crippen molar-refractivity contribution >= 4 is 0 Å². The van der Waals surface area contributed by atoms with Crippen molar-refractivity contribution in [3.63, 3.8) is 0 Å². The van der Waals surface area contributed by atoms with Crippen LogP contribution in [-0.2, 0) is 0 Å². The molecule has 5 heteroatoms. The number of aromatic nitrogens is 4. The highest BCUT2D eigenvalue weighted by Gasteiger charge is 2.26. The van der Waals surface area contributed by atoms with E-state index in [1.54, 1.807) is 12.3 Å². The Morgan fingerprint density at radius 1 is 1.18 bits per heavy atom. The van der Waals surface area contributed by atoms with Gasteiger partial charge in [0.05, 0.1) is 0 Å². The Kier molecular flexibility index (Phi) is 5.14. The second kappa shape index (κ2) is 7.47. The minimum Gasteiger partial charge on any atom is -0.332 e. The molecule has 0 N–H and O–H groups in total. The van der Waals surface area contributed by atoms with Crippen LogP contribution in [0.25, 0.3) is 11.6 Å². The molecular formula is C17H24N4O. The van der Waals surface area contributed by atoms with E-state index in [1.165, 1.54) is 57.7 Å². The largest absolute Gasteiger partial charge is 0.332 e. The van der Waals surface area contributed by atoms with E-state index >= 15 is 0 Å². The van der Waals surface area contributed by atoms with Gasteiger partial charge in [-0.3, -0.25) is 0 Å². The fourth-order valence-corrected chi connectivity index (χ4v) is 3.31. The molecule has 1 saturated carbocycles. The van der Waals surface area contributed by atoms with Crippen LogP contribution in [0.2, 0.25) is 0 Å². The molecule has 3 rings (SSSR count).